The first-order valence-electron chi connectivity index (χ1n) is 11.7. The molecule has 5 rings (SSSR count). The molecule has 12 heteroatoms. The third-order valence-corrected chi connectivity index (χ3v) is 7.84. The minimum absolute atomic E-state index is 0.0581. The van der Waals surface area contributed by atoms with E-state index in [0.29, 0.717) is 36.6 Å². The zero-order valence-corrected chi connectivity index (χ0v) is 20.3. The lowest BCUT2D eigenvalue weighted by atomic mass is 10.1. The van der Waals surface area contributed by atoms with Crippen molar-refractivity contribution in [3.05, 3.63) is 24.7 Å². The van der Waals surface area contributed by atoms with Crippen LogP contribution in [-0.2, 0) is 10.0 Å². The molecule has 0 unspecified atom stereocenters. The van der Waals surface area contributed by atoms with E-state index >= 15 is 0 Å². The zero-order chi connectivity index (χ0) is 23.7. The van der Waals surface area contributed by atoms with E-state index in [1.807, 2.05) is 6.07 Å². The number of fused-ring (bicyclic) bond motifs is 1. The van der Waals surface area contributed by atoms with Gasteiger partial charge in [0.25, 0.3) is 0 Å². The Labute approximate surface area is 199 Å². The SMILES string of the molecule is CN1CCC(Nc2ncc(-c3cnc4[nH]ccc4n3)c(N[C@H]3CCCN(S(C)(=O)=O)C3)n2)CC1. The Balaban J connectivity index is 1.44. The summed E-state index contributed by atoms with van der Waals surface area (Å²) in [6.07, 6.45) is 10.3. The number of hydrogen-bond acceptors (Lipinski definition) is 9. The highest BCUT2D eigenvalue weighted by molar-refractivity contribution is 7.88. The van der Waals surface area contributed by atoms with Crippen LogP contribution in [0.1, 0.15) is 25.7 Å². The topological polar surface area (TPSA) is 132 Å². The number of aromatic nitrogens is 5. The highest BCUT2D eigenvalue weighted by atomic mass is 32.2. The molecule has 0 saturated carbocycles. The average Bonchev–Trinajstić information content (AvgIpc) is 3.28. The predicted octanol–water partition coefficient (Wildman–Crippen LogP) is 1.76. The van der Waals surface area contributed by atoms with Gasteiger partial charge >= 0.3 is 0 Å². The van der Waals surface area contributed by atoms with Crippen LogP contribution in [0.15, 0.2) is 24.7 Å². The van der Waals surface area contributed by atoms with E-state index in [9.17, 15) is 8.42 Å². The van der Waals surface area contributed by atoms with Gasteiger partial charge in [0.2, 0.25) is 16.0 Å². The summed E-state index contributed by atoms with van der Waals surface area (Å²) in [5, 5.41) is 6.98. The molecule has 0 amide bonds. The summed E-state index contributed by atoms with van der Waals surface area (Å²) in [4.78, 5) is 24.0. The van der Waals surface area contributed by atoms with Gasteiger partial charge < -0.3 is 20.5 Å². The Morgan fingerprint density at radius 3 is 2.65 bits per heavy atom. The normalized spacial score (nSPS) is 21.1. The fourth-order valence-electron chi connectivity index (χ4n) is 4.60. The van der Waals surface area contributed by atoms with Gasteiger partial charge in [-0.05, 0) is 51.9 Å². The Kier molecular flexibility index (Phi) is 6.36. The van der Waals surface area contributed by atoms with E-state index in [2.05, 4.69) is 37.5 Å². The van der Waals surface area contributed by atoms with Crippen LogP contribution in [0.4, 0.5) is 11.8 Å². The summed E-state index contributed by atoms with van der Waals surface area (Å²) < 4.78 is 25.7. The van der Waals surface area contributed by atoms with E-state index in [-0.39, 0.29) is 6.04 Å². The molecule has 0 bridgehead atoms. The first-order chi connectivity index (χ1) is 16.3. The highest BCUT2D eigenvalue weighted by Crippen LogP contribution is 2.28. The molecule has 3 aromatic rings. The van der Waals surface area contributed by atoms with Crippen LogP contribution in [-0.4, -0.2) is 94.1 Å². The molecule has 1 atom stereocenters. The molecule has 34 heavy (non-hydrogen) atoms. The third-order valence-electron chi connectivity index (χ3n) is 6.57. The predicted molar refractivity (Wildman–Crippen MR) is 132 cm³/mol. The Bertz CT molecular complexity index is 1250. The molecule has 11 nitrogen and oxygen atoms in total. The van der Waals surface area contributed by atoms with Crippen molar-refractivity contribution >= 4 is 33.0 Å². The molecule has 2 aliphatic rings. The molecular formula is C22H31N9O2S. The van der Waals surface area contributed by atoms with Crippen LogP contribution >= 0.6 is 0 Å². The first-order valence-corrected chi connectivity index (χ1v) is 13.5. The van der Waals surface area contributed by atoms with E-state index in [0.717, 1.165) is 55.5 Å². The second-order valence-electron chi connectivity index (χ2n) is 9.25. The quantitative estimate of drug-likeness (QED) is 0.478. The summed E-state index contributed by atoms with van der Waals surface area (Å²) in [7, 11) is -1.11. The maximum absolute atomic E-state index is 12.1. The van der Waals surface area contributed by atoms with Gasteiger partial charge in [-0.15, -0.1) is 0 Å². The summed E-state index contributed by atoms with van der Waals surface area (Å²) in [6, 6.07) is 2.14. The molecule has 2 fully saturated rings. The molecule has 3 N–H and O–H groups in total. The molecule has 0 spiro atoms. The van der Waals surface area contributed by atoms with Crippen LogP contribution < -0.4 is 10.6 Å². The maximum Gasteiger partial charge on any atom is 0.224 e. The van der Waals surface area contributed by atoms with E-state index in [1.165, 1.54) is 10.6 Å². The van der Waals surface area contributed by atoms with Gasteiger partial charge in [-0.1, -0.05) is 0 Å². The molecule has 0 aromatic carbocycles. The maximum atomic E-state index is 12.1. The van der Waals surface area contributed by atoms with Gasteiger partial charge in [0.1, 0.15) is 11.3 Å². The van der Waals surface area contributed by atoms with Crippen LogP contribution in [0, 0.1) is 0 Å². The van der Waals surface area contributed by atoms with Gasteiger partial charge in [0.05, 0.1) is 23.7 Å². The minimum Gasteiger partial charge on any atom is -0.365 e. The average molecular weight is 486 g/mol. The van der Waals surface area contributed by atoms with Crippen LogP contribution in [0.25, 0.3) is 22.4 Å². The van der Waals surface area contributed by atoms with Crippen molar-refractivity contribution in [2.75, 3.05) is 50.1 Å². The summed E-state index contributed by atoms with van der Waals surface area (Å²) in [6.45, 7) is 3.03. The highest BCUT2D eigenvalue weighted by Gasteiger charge is 2.27. The second-order valence-corrected chi connectivity index (χ2v) is 11.2. The number of hydrogen-bond donors (Lipinski definition) is 3. The van der Waals surface area contributed by atoms with Crippen LogP contribution in [0.2, 0.25) is 0 Å². The van der Waals surface area contributed by atoms with Crippen molar-refractivity contribution in [2.24, 2.45) is 0 Å². The number of likely N-dealkylation sites (tertiary alicyclic amines) is 1. The number of rotatable bonds is 6. The van der Waals surface area contributed by atoms with Crippen molar-refractivity contribution in [1.82, 2.24) is 34.1 Å². The standard InChI is InChI=1S/C22H31N9O2S/c1-30-10-6-15(7-11-30)27-22-25-12-17(19-13-24-21-18(28-19)5-8-23-21)20(29-22)26-16-4-3-9-31(14-16)34(2,32)33/h5,8,12-13,15-16H,3-4,6-7,9-11,14H2,1-2H3,(H,23,24)(H2,25,26,27,29)/t16-/m0/s1. The van der Waals surface area contributed by atoms with Crippen molar-refractivity contribution < 1.29 is 8.42 Å². The van der Waals surface area contributed by atoms with Gasteiger partial charge in [0.15, 0.2) is 5.65 Å². The molecule has 3 aromatic heterocycles. The lowest BCUT2D eigenvalue weighted by Crippen LogP contribution is -2.44. The van der Waals surface area contributed by atoms with Gasteiger partial charge in [-0.25, -0.2) is 27.7 Å². The molecular weight excluding hydrogens is 454 g/mol. The van der Waals surface area contributed by atoms with E-state index in [1.54, 1.807) is 18.6 Å². The van der Waals surface area contributed by atoms with E-state index < -0.39 is 10.0 Å². The number of sulfonamides is 1. The van der Waals surface area contributed by atoms with Crippen LogP contribution in [0.3, 0.4) is 0 Å². The molecule has 0 aliphatic carbocycles. The lowest BCUT2D eigenvalue weighted by Gasteiger charge is -2.32. The molecule has 2 saturated heterocycles. The fraction of sp³-hybridized carbons (Fsp3) is 0.545. The largest absolute Gasteiger partial charge is 0.365 e. The minimum atomic E-state index is -3.24. The zero-order valence-electron chi connectivity index (χ0n) is 19.5. The van der Waals surface area contributed by atoms with Crippen molar-refractivity contribution in [2.45, 2.75) is 37.8 Å². The summed E-state index contributed by atoms with van der Waals surface area (Å²) in [5.74, 6) is 1.20. The van der Waals surface area contributed by atoms with Crippen molar-refractivity contribution in [1.29, 1.82) is 0 Å². The van der Waals surface area contributed by atoms with Crippen molar-refractivity contribution in [3.8, 4) is 11.3 Å². The van der Waals surface area contributed by atoms with Crippen LogP contribution in [0.5, 0.6) is 0 Å². The number of nitrogens with zero attached hydrogens (tertiary/aromatic N) is 6. The first kappa shape index (κ1) is 22.9. The Morgan fingerprint density at radius 2 is 1.85 bits per heavy atom. The Morgan fingerprint density at radius 1 is 1.03 bits per heavy atom. The monoisotopic (exact) mass is 485 g/mol. The van der Waals surface area contributed by atoms with Gasteiger partial charge in [-0.2, -0.15) is 4.98 Å². The number of piperidine rings is 2. The van der Waals surface area contributed by atoms with Crippen molar-refractivity contribution in [3.63, 3.8) is 0 Å². The molecule has 2 aliphatic heterocycles. The fourth-order valence-corrected chi connectivity index (χ4v) is 5.51. The Hall–Kier alpha value is -2.83. The van der Waals surface area contributed by atoms with E-state index in [4.69, 9.17) is 9.97 Å². The molecule has 0 radical (unpaired) electrons. The summed E-state index contributed by atoms with van der Waals surface area (Å²) >= 11 is 0. The lowest BCUT2D eigenvalue weighted by molar-refractivity contribution is 0.263. The van der Waals surface area contributed by atoms with Gasteiger partial charge in [-0.3, -0.25) is 0 Å². The smallest absolute Gasteiger partial charge is 0.224 e. The molecule has 5 heterocycles. The molecule has 182 valence electrons. The summed E-state index contributed by atoms with van der Waals surface area (Å²) in [5.41, 5.74) is 2.88. The number of aromatic amines is 1. The third kappa shape index (κ3) is 5.13. The number of nitrogens with one attached hydrogen (secondary N) is 3. The van der Waals surface area contributed by atoms with Gasteiger partial charge in [0, 0.05) is 37.6 Å². The number of anilines is 2. The second kappa shape index (κ2) is 9.43. The number of H-pyrrole nitrogens is 1.